The fourth-order valence-electron chi connectivity index (χ4n) is 3.16. The van der Waals surface area contributed by atoms with E-state index in [1.54, 1.807) is 0 Å². The summed E-state index contributed by atoms with van der Waals surface area (Å²) in [6, 6.07) is 0.753. The van der Waals surface area contributed by atoms with Crippen LogP contribution in [-0.4, -0.2) is 28.4 Å². The van der Waals surface area contributed by atoms with Crippen LogP contribution in [0.1, 0.15) is 44.9 Å². The van der Waals surface area contributed by atoms with E-state index in [0.717, 1.165) is 23.4 Å². The number of rotatable bonds is 2. The molecule has 0 amide bonds. The van der Waals surface area contributed by atoms with Crippen molar-refractivity contribution in [3.05, 3.63) is 0 Å². The van der Waals surface area contributed by atoms with Gasteiger partial charge in [-0.25, -0.2) is 0 Å². The maximum Gasteiger partial charge on any atom is 0.0793 e. The number of piperidine rings is 1. The second-order valence-electron chi connectivity index (χ2n) is 4.78. The summed E-state index contributed by atoms with van der Waals surface area (Å²) in [5, 5.41) is 0. The van der Waals surface area contributed by atoms with Gasteiger partial charge in [-0.3, -0.25) is 0 Å². The topological polar surface area (TPSA) is 3.24 Å². The monoisotopic (exact) mass is 245 g/mol. The van der Waals surface area contributed by atoms with E-state index in [-0.39, 0.29) is 0 Å². The molecule has 1 saturated heterocycles. The Hall–Kier alpha value is 0.180. The lowest BCUT2D eigenvalue weighted by atomic mass is 9.78. The Morgan fingerprint density at radius 2 is 1.93 bits per heavy atom. The van der Waals surface area contributed by atoms with E-state index in [2.05, 4.69) is 4.90 Å². The molecule has 0 N–H and O–H groups in total. The van der Waals surface area contributed by atoms with Crippen molar-refractivity contribution in [3.8, 4) is 0 Å². The minimum atomic E-state index is 0.673. The smallest absolute Gasteiger partial charge is 0.0793 e. The summed E-state index contributed by atoms with van der Waals surface area (Å²) in [5.41, 5.74) is 0. The number of alkyl halides is 1. The first-order chi connectivity index (χ1) is 7.33. The second kappa shape index (κ2) is 5.49. The lowest BCUT2D eigenvalue weighted by Crippen LogP contribution is -2.49. The average Bonchev–Trinajstić information content (AvgIpc) is 2.28. The molecule has 2 aliphatic rings. The standard InChI is InChI=1S/C12H20ClNS/c13-8-7-12(15)14-9-3-5-10-4-1-2-6-11(10)14/h10-11H,1-9H2/t10-,11+/m0/s1. The number of fused-ring (bicyclic) bond motifs is 1. The molecule has 3 heteroatoms. The Labute approximate surface area is 103 Å². The molecule has 1 aliphatic carbocycles. The lowest BCUT2D eigenvalue weighted by molar-refractivity contribution is 0.120. The molecule has 2 atom stereocenters. The molecule has 0 spiro atoms. The van der Waals surface area contributed by atoms with Gasteiger partial charge in [0.2, 0.25) is 0 Å². The minimum absolute atomic E-state index is 0.673. The molecule has 0 radical (unpaired) electrons. The van der Waals surface area contributed by atoms with E-state index in [0.29, 0.717) is 5.88 Å². The molecule has 0 aromatic carbocycles. The number of likely N-dealkylation sites (tertiary alicyclic amines) is 1. The van der Waals surface area contributed by atoms with Crippen molar-refractivity contribution < 1.29 is 0 Å². The summed E-state index contributed by atoms with van der Waals surface area (Å²) >= 11 is 11.3. The SMILES string of the molecule is S=C(CCCl)N1CCC[C@@H]2CCCC[C@H]21. The highest BCUT2D eigenvalue weighted by Gasteiger charge is 2.33. The molecule has 15 heavy (non-hydrogen) atoms. The maximum absolute atomic E-state index is 5.78. The lowest BCUT2D eigenvalue weighted by Gasteiger charge is -2.45. The number of halogens is 1. The van der Waals surface area contributed by atoms with Crippen LogP contribution in [-0.2, 0) is 0 Å². The van der Waals surface area contributed by atoms with Gasteiger partial charge in [-0.2, -0.15) is 0 Å². The number of hydrogen-bond donors (Lipinski definition) is 0. The van der Waals surface area contributed by atoms with E-state index in [1.807, 2.05) is 0 Å². The van der Waals surface area contributed by atoms with Crippen LogP contribution in [0.4, 0.5) is 0 Å². The van der Waals surface area contributed by atoms with Gasteiger partial charge in [-0.15, -0.1) is 11.6 Å². The molecule has 0 aromatic heterocycles. The highest BCUT2D eigenvalue weighted by atomic mass is 35.5. The summed E-state index contributed by atoms with van der Waals surface area (Å²) in [6.07, 6.45) is 9.23. The molecule has 86 valence electrons. The maximum atomic E-state index is 5.78. The van der Waals surface area contributed by atoms with E-state index in [9.17, 15) is 0 Å². The highest BCUT2D eigenvalue weighted by molar-refractivity contribution is 7.80. The van der Waals surface area contributed by atoms with Crippen molar-refractivity contribution in [2.75, 3.05) is 12.4 Å². The Bertz CT molecular complexity index is 230. The molecule has 0 unspecified atom stereocenters. The van der Waals surface area contributed by atoms with Gasteiger partial charge >= 0.3 is 0 Å². The molecule has 1 saturated carbocycles. The normalized spacial score (nSPS) is 31.1. The van der Waals surface area contributed by atoms with Crippen molar-refractivity contribution >= 4 is 28.8 Å². The van der Waals surface area contributed by atoms with Gasteiger partial charge in [0.25, 0.3) is 0 Å². The Morgan fingerprint density at radius 1 is 1.20 bits per heavy atom. The highest BCUT2D eigenvalue weighted by Crippen LogP contribution is 2.35. The first kappa shape index (κ1) is 11.7. The van der Waals surface area contributed by atoms with Gasteiger partial charge < -0.3 is 4.90 Å². The summed E-state index contributed by atoms with van der Waals surface area (Å²) < 4.78 is 0. The van der Waals surface area contributed by atoms with Crippen LogP contribution in [0, 0.1) is 5.92 Å². The van der Waals surface area contributed by atoms with E-state index >= 15 is 0 Å². The molecular weight excluding hydrogens is 226 g/mol. The molecule has 2 rings (SSSR count). The van der Waals surface area contributed by atoms with Gasteiger partial charge in [0.05, 0.1) is 4.99 Å². The molecule has 2 fully saturated rings. The second-order valence-corrected chi connectivity index (χ2v) is 5.63. The Kier molecular flexibility index (Phi) is 4.27. The largest absolute Gasteiger partial charge is 0.363 e. The Morgan fingerprint density at radius 3 is 2.73 bits per heavy atom. The van der Waals surface area contributed by atoms with Crippen molar-refractivity contribution in [2.24, 2.45) is 5.92 Å². The first-order valence-electron chi connectivity index (χ1n) is 6.18. The van der Waals surface area contributed by atoms with Gasteiger partial charge in [-0.05, 0) is 31.6 Å². The number of nitrogens with zero attached hydrogens (tertiary/aromatic N) is 1. The first-order valence-corrected chi connectivity index (χ1v) is 7.12. The van der Waals surface area contributed by atoms with E-state index < -0.39 is 0 Å². The fraction of sp³-hybridized carbons (Fsp3) is 0.917. The number of hydrogen-bond acceptors (Lipinski definition) is 1. The summed E-state index contributed by atoms with van der Waals surface area (Å²) in [6.45, 7) is 1.18. The molecule has 0 bridgehead atoms. The Balaban J connectivity index is 2.00. The van der Waals surface area contributed by atoms with Crippen LogP contribution in [0.5, 0.6) is 0 Å². The third-order valence-corrected chi connectivity index (χ3v) is 4.50. The zero-order valence-electron chi connectivity index (χ0n) is 9.25. The summed E-state index contributed by atoms with van der Waals surface area (Å²) in [4.78, 5) is 3.60. The van der Waals surface area contributed by atoms with Crippen molar-refractivity contribution in [1.82, 2.24) is 4.90 Å². The van der Waals surface area contributed by atoms with Crippen molar-refractivity contribution in [1.29, 1.82) is 0 Å². The molecule has 1 nitrogen and oxygen atoms in total. The predicted octanol–water partition coefficient (Wildman–Crippen LogP) is 3.60. The van der Waals surface area contributed by atoms with Crippen molar-refractivity contribution in [2.45, 2.75) is 51.0 Å². The van der Waals surface area contributed by atoms with Gasteiger partial charge in [0.15, 0.2) is 0 Å². The average molecular weight is 246 g/mol. The number of thiocarbonyl (C=S) groups is 1. The molecule has 0 aromatic rings. The molecule has 1 heterocycles. The van der Waals surface area contributed by atoms with Gasteiger partial charge in [0.1, 0.15) is 0 Å². The minimum Gasteiger partial charge on any atom is -0.363 e. The van der Waals surface area contributed by atoms with Crippen LogP contribution in [0.25, 0.3) is 0 Å². The third kappa shape index (κ3) is 2.65. The van der Waals surface area contributed by atoms with Gasteiger partial charge in [-0.1, -0.05) is 25.1 Å². The van der Waals surface area contributed by atoms with E-state index in [1.165, 1.54) is 45.1 Å². The van der Waals surface area contributed by atoms with Crippen LogP contribution in [0.15, 0.2) is 0 Å². The van der Waals surface area contributed by atoms with Crippen LogP contribution >= 0.6 is 23.8 Å². The third-order valence-electron chi connectivity index (χ3n) is 3.87. The zero-order valence-corrected chi connectivity index (χ0v) is 10.8. The predicted molar refractivity (Wildman–Crippen MR) is 69.6 cm³/mol. The van der Waals surface area contributed by atoms with Crippen molar-refractivity contribution in [3.63, 3.8) is 0 Å². The van der Waals surface area contributed by atoms with Crippen LogP contribution in [0.3, 0.4) is 0 Å². The summed E-state index contributed by atoms with van der Waals surface area (Å²) in [5.74, 6) is 1.59. The fourth-order valence-corrected chi connectivity index (χ4v) is 3.78. The quantitative estimate of drug-likeness (QED) is 0.540. The van der Waals surface area contributed by atoms with Crippen LogP contribution < -0.4 is 0 Å². The molecule has 1 aliphatic heterocycles. The zero-order chi connectivity index (χ0) is 10.7. The molecular formula is C12H20ClNS. The summed E-state index contributed by atoms with van der Waals surface area (Å²) in [7, 11) is 0. The van der Waals surface area contributed by atoms with E-state index in [4.69, 9.17) is 23.8 Å². The van der Waals surface area contributed by atoms with Crippen LogP contribution in [0.2, 0.25) is 0 Å². The van der Waals surface area contributed by atoms with Gasteiger partial charge in [0, 0.05) is 24.9 Å².